The molecule has 0 saturated carbocycles. The molecule has 0 aliphatic carbocycles. The lowest BCUT2D eigenvalue weighted by Crippen LogP contribution is -2.18. The molecule has 1 rings (SSSR count). The molecule has 0 N–H and O–H groups in total. The SMILES string of the molecule is Fc1c(Cl)nc(CCOCC(F)(F)F)nc1Cl. The van der Waals surface area contributed by atoms with Gasteiger partial charge in [0.15, 0.2) is 16.1 Å². The van der Waals surface area contributed by atoms with Crippen LogP contribution in [0.5, 0.6) is 0 Å². The Kier molecular flexibility index (Phi) is 4.91. The summed E-state index contributed by atoms with van der Waals surface area (Å²) in [6, 6.07) is 0. The lowest BCUT2D eigenvalue weighted by molar-refractivity contribution is -0.173. The first-order valence-corrected chi connectivity index (χ1v) is 5.07. The summed E-state index contributed by atoms with van der Waals surface area (Å²) in [6.07, 6.45) is -4.44. The third-order valence-electron chi connectivity index (χ3n) is 1.55. The van der Waals surface area contributed by atoms with Gasteiger partial charge in [0.2, 0.25) is 0 Å². The smallest absolute Gasteiger partial charge is 0.372 e. The summed E-state index contributed by atoms with van der Waals surface area (Å²) in [5.41, 5.74) is 0. The molecule has 0 aliphatic rings. The number of aromatic nitrogens is 2. The third kappa shape index (κ3) is 5.01. The van der Waals surface area contributed by atoms with E-state index in [1.54, 1.807) is 0 Å². The Morgan fingerprint density at radius 2 is 1.65 bits per heavy atom. The van der Waals surface area contributed by atoms with Crippen molar-refractivity contribution in [2.45, 2.75) is 12.6 Å². The minimum absolute atomic E-state index is 0.0172. The fourth-order valence-electron chi connectivity index (χ4n) is 0.898. The van der Waals surface area contributed by atoms with Crippen molar-refractivity contribution < 1.29 is 22.3 Å². The molecule has 0 spiro atoms. The molecule has 1 aromatic heterocycles. The van der Waals surface area contributed by atoms with Crippen molar-refractivity contribution in [2.24, 2.45) is 0 Å². The van der Waals surface area contributed by atoms with Gasteiger partial charge in [0.05, 0.1) is 6.61 Å². The highest BCUT2D eigenvalue weighted by atomic mass is 35.5. The quantitative estimate of drug-likeness (QED) is 0.486. The van der Waals surface area contributed by atoms with Crippen molar-refractivity contribution in [3.8, 4) is 0 Å². The number of alkyl halides is 3. The van der Waals surface area contributed by atoms with Crippen molar-refractivity contribution in [2.75, 3.05) is 13.2 Å². The summed E-state index contributed by atoms with van der Waals surface area (Å²) in [6.45, 7) is -1.63. The second-order valence-electron chi connectivity index (χ2n) is 2.95. The summed E-state index contributed by atoms with van der Waals surface area (Å²) in [5, 5.41) is -0.952. The van der Waals surface area contributed by atoms with E-state index in [1.165, 1.54) is 0 Å². The number of halogens is 6. The van der Waals surface area contributed by atoms with E-state index in [-0.39, 0.29) is 18.9 Å². The molecule has 0 bridgehead atoms. The van der Waals surface area contributed by atoms with Crippen molar-refractivity contribution in [3.63, 3.8) is 0 Å². The van der Waals surface area contributed by atoms with Crippen LogP contribution in [0.15, 0.2) is 0 Å². The second-order valence-corrected chi connectivity index (χ2v) is 3.67. The Balaban J connectivity index is 2.48. The van der Waals surface area contributed by atoms with E-state index < -0.39 is 28.9 Å². The van der Waals surface area contributed by atoms with Crippen LogP contribution < -0.4 is 0 Å². The van der Waals surface area contributed by atoms with Crippen LogP contribution in [0.25, 0.3) is 0 Å². The zero-order valence-corrected chi connectivity index (χ0v) is 9.70. The zero-order chi connectivity index (χ0) is 13.1. The summed E-state index contributed by atoms with van der Waals surface area (Å²) < 4.78 is 52.4. The number of ether oxygens (including phenoxy) is 1. The summed E-state index contributed by atoms with van der Waals surface area (Å²) in [5.74, 6) is -0.947. The third-order valence-corrected chi connectivity index (χ3v) is 2.05. The van der Waals surface area contributed by atoms with Gasteiger partial charge in [-0.05, 0) is 0 Å². The minimum Gasteiger partial charge on any atom is -0.372 e. The Labute approximate surface area is 104 Å². The first-order valence-electron chi connectivity index (χ1n) is 4.31. The van der Waals surface area contributed by atoms with E-state index >= 15 is 0 Å². The van der Waals surface area contributed by atoms with Crippen LogP contribution >= 0.6 is 23.2 Å². The van der Waals surface area contributed by atoms with E-state index in [9.17, 15) is 17.6 Å². The van der Waals surface area contributed by atoms with Gasteiger partial charge in [0.25, 0.3) is 0 Å². The predicted molar refractivity (Wildman–Crippen MR) is 52.6 cm³/mol. The van der Waals surface area contributed by atoms with Crippen LogP contribution in [0.2, 0.25) is 10.3 Å². The summed E-state index contributed by atoms with van der Waals surface area (Å²) in [7, 11) is 0. The molecular formula is C8H6Cl2F4N2O. The second kappa shape index (κ2) is 5.79. The van der Waals surface area contributed by atoms with Gasteiger partial charge in [0.1, 0.15) is 12.4 Å². The largest absolute Gasteiger partial charge is 0.411 e. The monoisotopic (exact) mass is 292 g/mol. The molecule has 0 amide bonds. The Morgan fingerprint density at radius 3 is 2.12 bits per heavy atom. The standard InChI is InChI=1S/C8H6Cl2F4N2O/c9-6-5(11)7(10)16-4(15-6)1-2-17-3-8(12,13)14/h1-3H2. The predicted octanol–water partition coefficient (Wildman–Crippen LogP) is 3.04. The summed E-state index contributed by atoms with van der Waals surface area (Å²) in [4.78, 5) is 7.00. The van der Waals surface area contributed by atoms with Crippen molar-refractivity contribution >= 4 is 23.2 Å². The highest BCUT2D eigenvalue weighted by molar-refractivity contribution is 6.33. The van der Waals surface area contributed by atoms with Crippen molar-refractivity contribution in [3.05, 3.63) is 21.9 Å². The molecule has 17 heavy (non-hydrogen) atoms. The van der Waals surface area contributed by atoms with Crippen molar-refractivity contribution in [1.29, 1.82) is 0 Å². The van der Waals surface area contributed by atoms with Crippen molar-refractivity contribution in [1.82, 2.24) is 9.97 Å². The van der Waals surface area contributed by atoms with Crippen LogP contribution in [0.3, 0.4) is 0 Å². The normalized spacial score (nSPS) is 11.9. The van der Waals surface area contributed by atoms with Crippen LogP contribution in [-0.2, 0) is 11.2 Å². The van der Waals surface area contributed by atoms with Gasteiger partial charge in [-0.2, -0.15) is 13.2 Å². The van der Waals surface area contributed by atoms with Gasteiger partial charge >= 0.3 is 6.18 Å². The fraction of sp³-hybridized carbons (Fsp3) is 0.500. The van der Waals surface area contributed by atoms with Gasteiger partial charge in [-0.15, -0.1) is 0 Å². The molecule has 0 aliphatic heterocycles. The first kappa shape index (κ1) is 14.4. The molecule has 9 heteroatoms. The van der Waals surface area contributed by atoms with E-state index in [0.29, 0.717) is 0 Å². The molecule has 1 heterocycles. The maximum atomic E-state index is 12.9. The van der Waals surface area contributed by atoms with Crippen LogP contribution in [0.1, 0.15) is 5.82 Å². The zero-order valence-electron chi connectivity index (χ0n) is 8.19. The average molecular weight is 293 g/mol. The molecule has 3 nitrogen and oxygen atoms in total. The van der Waals surface area contributed by atoms with Gasteiger partial charge in [-0.3, -0.25) is 0 Å². The van der Waals surface area contributed by atoms with E-state index in [0.717, 1.165) is 0 Å². The Bertz CT molecular complexity index is 377. The number of nitrogens with zero attached hydrogens (tertiary/aromatic N) is 2. The Morgan fingerprint density at radius 1 is 1.12 bits per heavy atom. The number of hydrogen-bond donors (Lipinski definition) is 0. The average Bonchev–Trinajstić information content (AvgIpc) is 2.19. The van der Waals surface area contributed by atoms with Crippen LogP contribution in [0, 0.1) is 5.82 Å². The first-order chi connectivity index (χ1) is 7.79. The molecule has 0 saturated heterocycles. The molecule has 0 fully saturated rings. The molecule has 0 unspecified atom stereocenters. The van der Waals surface area contributed by atoms with Crippen LogP contribution in [0.4, 0.5) is 17.6 Å². The minimum atomic E-state index is -4.39. The van der Waals surface area contributed by atoms with Crippen LogP contribution in [-0.4, -0.2) is 29.4 Å². The van der Waals surface area contributed by atoms with Gasteiger partial charge in [0, 0.05) is 6.42 Å². The fourth-order valence-corrected chi connectivity index (χ4v) is 1.32. The van der Waals surface area contributed by atoms with E-state index in [2.05, 4.69) is 14.7 Å². The Hall–Kier alpha value is -0.660. The molecule has 0 atom stereocenters. The lowest BCUT2D eigenvalue weighted by Gasteiger charge is -2.07. The highest BCUT2D eigenvalue weighted by Crippen LogP contribution is 2.19. The number of rotatable bonds is 4. The molecule has 1 aromatic rings. The van der Waals surface area contributed by atoms with E-state index in [4.69, 9.17) is 23.2 Å². The van der Waals surface area contributed by atoms with Gasteiger partial charge < -0.3 is 4.74 Å². The van der Waals surface area contributed by atoms with Gasteiger partial charge in [-0.25, -0.2) is 14.4 Å². The maximum absolute atomic E-state index is 12.9. The maximum Gasteiger partial charge on any atom is 0.411 e. The molecule has 0 radical (unpaired) electrons. The lowest BCUT2D eigenvalue weighted by atomic mass is 10.4. The van der Waals surface area contributed by atoms with Gasteiger partial charge in [-0.1, -0.05) is 23.2 Å². The number of hydrogen-bond acceptors (Lipinski definition) is 3. The summed E-state index contributed by atoms with van der Waals surface area (Å²) >= 11 is 10.7. The molecular weight excluding hydrogens is 287 g/mol. The molecule has 0 aromatic carbocycles. The highest BCUT2D eigenvalue weighted by Gasteiger charge is 2.27. The topological polar surface area (TPSA) is 35.0 Å². The molecule has 96 valence electrons. The van der Waals surface area contributed by atoms with E-state index in [1.807, 2.05) is 0 Å².